The topological polar surface area (TPSA) is 12.4 Å². The maximum Gasteiger partial charge on any atom is 0.0396 e. The van der Waals surface area contributed by atoms with Gasteiger partial charge in [-0.15, -0.1) is 0 Å². The Morgan fingerprint density at radius 3 is 2.33 bits per heavy atom. The molecule has 0 aliphatic heterocycles. The molecule has 0 N–H and O–H groups in total. The Morgan fingerprint density at radius 1 is 1.67 bits per heavy atom. The number of hydrogen-bond donors (Lipinski definition) is 0. The molecule has 0 aromatic heterocycles. The van der Waals surface area contributed by atoms with Gasteiger partial charge in [-0.1, -0.05) is 19.1 Å². The minimum absolute atomic E-state index is 0.927. The summed E-state index contributed by atoms with van der Waals surface area (Å²) in [5.74, 6) is 0. The van der Waals surface area contributed by atoms with Crippen molar-refractivity contribution >= 4 is 6.72 Å². The average molecular weight is 123 g/mol. The molecule has 0 amide bonds. The Balaban J connectivity index is 4.07. The van der Waals surface area contributed by atoms with Crippen LogP contribution in [0.2, 0.25) is 0 Å². The van der Waals surface area contributed by atoms with Gasteiger partial charge in [-0.3, -0.25) is 4.99 Å². The van der Waals surface area contributed by atoms with E-state index in [0.717, 1.165) is 17.7 Å². The van der Waals surface area contributed by atoms with Gasteiger partial charge in [-0.2, -0.15) is 0 Å². The summed E-state index contributed by atoms with van der Waals surface area (Å²) in [6, 6.07) is 0. The summed E-state index contributed by atoms with van der Waals surface area (Å²) in [5, 5.41) is 0. The van der Waals surface area contributed by atoms with Gasteiger partial charge in [0, 0.05) is 5.70 Å². The molecule has 0 aliphatic carbocycles. The maximum atomic E-state index is 3.80. The third-order valence-corrected chi connectivity index (χ3v) is 0.978. The van der Waals surface area contributed by atoms with E-state index >= 15 is 0 Å². The van der Waals surface area contributed by atoms with E-state index in [9.17, 15) is 0 Å². The van der Waals surface area contributed by atoms with Gasteiger partial charge in [-0.05, 0) is 26.1 Å². The van der Waals surface area contributed by atoms with E-state index in [4.69, 9.17) is 0 Å². The Morgan fingerprint density at radius 2 is 2.22 bits per heavy atom. The van der Waals surface area contributed by atoms with E-state index < -0.39 is 0 Å². The van der Waals surface area contributed by atoms with Crippen molar-refractivity contribution in [3.8, 4) is 0 Å². The fourth-order valence-electron chi connectivity index (χ4n) is 0.544. The molecule has 0 saturated carbocycles. The van der Waals surface area contributed by atoms with Crippen LogP contribution in [-0.2, 0) is 0 Å². The van der Waals surface area contributed by atoms with Gasteiger partial charge in [0.15, 0.2) is 0 Å². The molecule has 0 rings (SSSR count). The zero-order valence-corrected chi connectivity index (χ0v) is 6.15. The molecule has 0 unspecified atom stereocenters. The summed E-state index contributed by atoms with van der Waals surface area (Å²) < 4.78 is 0. The van der Waals surface area contributed by atoms with Crippen LogP contribution in [0.5, 0.6) is 0 Å². The summed E-state index contributed by atoms with van der Waals surface area (Å²) in [4.78, 5) is 3.80. The lowest BCUT2D eigenvalue weighted by Gasteiger charge is -1.93. The molecule has 0 aromatic carbocycles. The molecule has 0 atom stereocenters. The second kappa shape index (κ2) is 4.07. The van der Waals surface area contributed by atoms with Crippen molar-refractivity contribution in [2.45, 2.75) is 20.3 Å². The lowest BCUT2D eigenvalue weighted by molar-refractivity contribution is 1.07. The van der Waals surface area contributed by atoms with E-state index in [-0.39, 0.29) is 0 Å². The first kappa shape index (κ1) is 8.15. The summed E-state index contributed by atoms with van der Waals surface area (Å²) >= 11 is 0. The molecule has 0 aliphatic rings. The fraction of sp³-hybridized carbons (Fsp3) is 0.375. The minimum Gasteiger partial charge on any atom is -0.269 e. The van der Waals surface area contributed by atoms with E-state index in [1.807, 2.05) is 19.9 Å². The van der Waals surface area contributed by atoms with Gasteiger partial charge in [0.25, 0.3) is 0 Å². The zero-order valence-electron chi connectivity index (χ0n) is 6.15. The lowest BCUT2D eigenvalue weighted by Crippen LogP contribution is -1.73. The first-order valence-electron chi connectivity index (χ1n) is 3.03. The molecule has 0 fully saturated rings. The van der Waals surface area contributed by atoms with Crippen molar-refractivity contribution in [3.63, 3.8) is 0 Å². The molecule has 0 saturated heterocycles. The van der Waals surface area contributed by atoms with Gasteiger partial charge in [0.2, 0.25) is 0 Å². The molecule has 1 heteroatoms. The Bertz CT molecular complexity index is 143. The third kappa shape index (κ3) is 3.71. The average Bonchev–Trinajstić information content (AvgIpc) is 1.82. The molecule has 0 radical (unpaired) electrons. The first-order valence-corrected chi connectivity index (χ1v) is 3.03. The predicted octanol–water partition coefficient (Wildman–Crippen LogP) is 2.56. The van der Waals surface area contributed by atoms with Crippen molar-refractivity contribution < 1.29 is 0 Å². The van der Waals surface area contributed by atoms with Crippen LogP contribution in [0.4, 0.5) is 0 Å². The molecule has 9 heavy (non-hydrogen) atoms. The number of rotatable bonds is 3. The number of nitrogens with zero attached hydrogens (tertiary/aromatic N) is 1. The Hall–Kier alpha value is -0.850. The van der Waals surface area contributed by atoms with Crippen molar-refractivity contribution in [1.29, 1.82) is 0 Å². The van der Waals surface area contributed by atoms with Crippen LogP contribution in [0.1, 0.15) is 20.3 Å². The molecular formula is C8H13N. The second-order valence-electron chi connectivity index (χ2n) is 1.99. The maximum absolute atomic E-state index is 3.80. The summed E-state index contributed by atoms with van der Waals surface area (Å²) in [5.41, 5.74) is 2.03. The van der Waals surface area contributed by atoms with Crippen molar-refractivity contribution in [2.75, 3.05) is 0 Å². The van der Waals surface area contributed by atoms with Crippen LogP contribution in [-0.4, -0.2) is 6.72 Å². The minimum atomic E-state index is 0.927. The highest BCUT2D eigenvalue weighted by atomic mass is 14.7. The normalized spacial score (nSPS) is 11.1. The summed E-state index contributed by atoms with van der Waals surface area (Å²) in [6.45, 7) is 11.1. The molecule has 0 spiro atoms. The fourth-order valence-corrected chi connectivity index (χ4v) is 0.544. The summed E-state index contributed by atoms with van der Waals surface area (Å²) in [6.07, 6.45) is 2.86. The van der Waals surface area contributed by atoms with Crippen LogP contribution in [0.25, 0.3) is 0 Å². The highest BCUT2D eigenvalue weighted by molar-refractivity contribution is 5.31. The number of hydrogen-bond acceptors (Lipinski definition) is 1. The van der Waals surface area contributed by atoms with Gasteiger partial charge < -0.3 is 0 Å². The zero-order chi connectivity index (χ0) is 7.28. The largest absolute Gasteiger partial charge is 0.269 e. The Kier molecular flexibility index (Phi) is 3.69. The van der Waals surface area contributed by atoms with Gasteiger partial charge in [0.1, 0.15) is 0 Å². The Labute approximate surface area is 56.8 Å². The van der Waals surface area contributed by atoms with Gasteiger partial charge in [-0.25, -0.2) is 0 Å². The molecule has 0 heterocycles. The van der Waals surface area contributed by atoms with Crippen molar-refractivity contribution in [1.82, 2.24) is 0 Å². The summed E-state index contributed by atoms with van der Waals surface area (Å²) in [7, 11) is 0. The van der Waals surface area contributed by atoms with E-state index in [1.165, 1.54) is 0 Å². The van der Waals surface area contributed by atoms with Gasteiger partial charge >= 0.3 is 0 Å². The van der Waals surface area contributed by atoms with Crippen molar-refractivity contribution in [3.05, 3.63) is 23.9 Å². The quantitative estimate of drug-likeness (QED) is 0.404. The van der Waals surface area contributed by atoms with Crippen LogP contribution in [0.15, 0.2) is 28.9 Å². The monoisotopic (exact) mass is 123 g/mol. The van der Waals surface area contributed by atoms with Crippen LogP contribution < -0.4 is 0 Å². The third-order valence-electron chi connectivity index (χ3n) is 0.978. The highest BCUT2D eigenvalue weighted by Crippen LogP contribution is 2.04. The van der Waals surface area contributed by atoms with Crippen LogP contribution in [0, 0.1) is 0 Å². The smallest absolute Gasteiger partial charge is 0.0396 e. The highest BCUT2D eigenvalue weighted by Gasteiger charge is 1.85. The van der Waals surface area contributed by atoms with Crippen LogP contribution in [0.3, 0.4) is 0 Å². The molecule has 0 bridgehead atoms. The van der Waals surface area contributed by atoms with E-state index in [2.05, 4.69) is 18.3 Å². The predicted molar refractivity (Wildman–Crippen MR) is 42.7 cm³/mol. The second-order valence-corrected chi connectivity index (χ2v) is 1.99. The lowest BCUT2D eigenvalue weighted by atomic mass is 10.2. The van der Waals surface area contributed by atoms with E-state index in [0.29, 0.717) is 0 Å². The SMILES string of the molecule is C=N/C(=C\C(=C)C)CC. The van der Waals surface area contributed by atoms with Crippen LogP contribution >= 0.6 is 0 Å². The number of allylic oxidation sites excluding steroid dienone is 3. The first-order chi connectivity index (χ1) is 4.20. The number of aliphatic imine (C=N–C) groups is 1. The molecule has 0 aromatic rings. The van der Waals surface area contributed by atoms with Gasteiger partial charge in [0.05, 0.1) is 0 Å². The van der Waals surface area contributed by atoms with Crippen molar-refractivity contribution in [2.24, 2.45) is 4.99 Å². The molecular weight excluding hydrogens is 110 g/mol. The molecule has 1 nitrogen and oxygen atoms in total. The standard InChI is InChI=1S/C8H13N/c1-5-8(9-4)6-7(2)3/h6H,2,4-5H2,1,3H3/b8-6-. The molecule has 50 valence electrons. The van der Waals surface area contributed by atoms with E-state index in [1.54, 1.807) is 0 Å².